The van der Waals surface area contributed by atoms with E-state index < -0.39 is 11.5 Å². The Kier molecular flexibility index (Phi) is 4.05. The molecule has 3 atom stereocenters. The Bertz CT molecular complexity index is 1430. The first kappa shape index (κ1) is 19.2. The third-order valence-corrected chi connectivity index (χ3v) is 7.41. The minimum absolute atomic E-state index is 0.163. The van der Waals surface area contributed by atoms with E-state index in [9.17, 15) is 9.59 Å². The molecule has 1 heterocycles. The molecule has 4 heteroatoms. The number of methoxy groups -OCH3 is 1. The summed E-state index contributed by atoms with van der Waals surface area (Å²) >= 11 is 0. The second-order valence-electron chi connectivity index (χ2n) is 8.79. The maximum Gasteiger partial charge on any atom is 0.262 e. The van der Waals surface area contributed by atoms with Gasteiger partial charge in [-0.25, -0.2) is 0 Å². The second-order valence-corrected chi connectivity index (χ2v) is 8.79. The summed E-state index contributed by atoms with van der Waals surface area (Å²) in [4.78, 5) is 27.3. The highest BCUT2D eigenvalue weighted by atomic mass is 16.5. The molecular formula is C28H23NO3. The van der Waals surface area contributed by atoms with Crippen molar-refractivity contribution in [2.75, 3.05) is 14.2 Å². The monoisotopic (exact) mass is 421 g/mol. The molecule has 6 rings (SSSR count). The molecule has 0 N–H and O–H groups in total. The number of ether oxygens (including phenoxy) is 1. The number of hydrogen-bond acceptors (Lipinski definition) is 3. The lowest BCUT2D eigenvalue weighted by Gasteiger charge is -2.38. The molecule has 1 aliphatic heterocycles. The lowest BCUT2D eigenvalue weighted by molar-refractivity contribution is -0.150. The van der Waals surface area contributed by atoms with Gasteiger partial charge in [0.2, 0.25) is 5.91 Å². The van der Waals surface area contributed by atoms with E-state index in [1.54, 1.807) is 14.2 Å². The quantitative estimate of drug-likeness (QED) is 0.254. The van der Waals surface area contributed by atoms with Crippen molar-refractivity contribution in [1.29, 1.82) is 0 Å². The van der Waals surface area contributed by atoms with E-state index in [2.05, 4.69) is 66.7 Å². The molecule has 1 saturated heterocycles. The minimum atomic E-state index is -1.19. The number of carbonyl (C=O) groups excluding carboxylic acids is 2. The van der Waals surface area contributed by atoms with E-state index in [0.717, 1.165) is 10.9 Å². The van der Waals surface area contributed by atoms with Crippen LogP contribution in [0.5, 0.6) is 0 Å². The average molecular weight is 421 g/mol. The van der Waals surface area contributed by atoms with Crippen molar-refractivity contribution in [2.45, 2.75) is 17.9 Å². The summed E-state index contributed by atoms with van der Waals surface area (Å²) in [5, 5.41) is 7.14. The molecule has 2 aliphatic rings. The molecule has 32 heavy (non-hydrogen) atoms. The maximum absolute atomic E-state index is 13.3. The second kappa shape index (κ2) is 6.75. The Morgan fingerprint density at radius 1 is 0.844 bits per heavy atom. The van der Waals surface area contributed by atoms with Crippen LogP contribution in [0.3, 0.4) is 0 Å². The molecule has 1 fully saturated rings. The Hall–Kier alpha value is -3.50. The largest absolute Gasteiger partial charge is 0.367 e. The predicted molar refractivity (Wildman–Crippen MR) is 126 cm³/mol. The van der Waals surface area contributed by atoms with E-state index in [1.807, 2.05) is 12.2 Å². The van der Waals surface area contributed by atoms with Gasteiger partial charge in [0.1, 0.15) is 0 Å². The SMILES string of the molecule is CO[C@]12C(=O)N(C)C(=O)[C@H]1CC=C[C@H]2c1ccc2c3ccccc3c3ccccc3c2c1. The van der Waals surface area contributed by atoms with Gasteiger partial charge >= 0.3 is 0 Å². The molecule has 0 spiro atoms. The molecule has 0 unspecified atom stereocenters. The molecule has 0 radical (unpaired) electrons. The smallest absolute Gasteiger partial charge is 0.262 e. The highest BCUT2D eigenvalue weighted by Gasteiger charge is 2.63. The summed E-state index contributed by atoms with van der Waals surface area (Å²) in [6.45, 7) is 0. The van der Waals surface area contributed by atoms with E-state index >= 15 is 0 Å². The number of amides is 2. The van der Waals surface area contributed by atoms with Crippen LogP contribution < -0.4 is 0 Å². The number of fused-ring (bicyclic) bond motifs is 7. The Morgan fingerprint density at radius 2 is 1.41 bits per heavy atom. The van der Waals surface area contributed by atoms with Crippen molar-refractivity contribution >= 4 is 44.1 Å². The van der Waals surface area contributed by atoms with Crippen LogP contribution in [0.25, 0.3) is 32.3 Å². The minimum Gasteiger partial charge on any atom is -0.367 e. The van der Waals surface area contributed by atoms with Gasteiger partial charge in [-0.1, -0.05) is 72.8 Å². The average Bonchev–Trinajstić information content (AvgIpc) is 3.05. The topological polar surface area (TPSA) is 46.6 Å². The number of benzene rings is 4. The summed E-state index contributed by atoms with van der Waals surface area (Å²) in [7, 11) is 3.11. The standard InChI is InChI=1S/C28H23NO3/c1-29-26(30)25-13-7-12-24(28(25,32-2)27(29)31)17-14-15-22-20-10-4-3-8-18(20)19-9-5-6-11-21(19)23(22)16-17/h3-12,14-16,24-25H,13H2,1-2H3/t24-,25+,28-/m0/s1. The molecule has 0 aromatic heterocycles. The van der Waals surface area contributed by atoms with Gasteiger partial charge in [-0.05, 0) is 50.4 Å². The van der Waals surface area contributed by atoms with Crippen LogP contribution in [0.1, 0.15) is 17.9 Å². The van der Waals surface area contributed by atoms with Gasteiger partial charge < -0.3 is 4.74 Å². The highest BCUT2D eigenvalue weighted by Crippen LogP contribution is 2.49. The van der Waals surface area contributed by atoms with Crippen molar-refractivity contribution in [1.82, 2.24) is 4.90 Å². The normalized spacial score (nSPS) is 25.2. The number of hydrogen-bond donors (Lipinski definition) is 0. The Labute approximate surface area is 186 Å². The van der Waals surface area contributed by atoms with Crippen molar-refractivity contribution in [3.05, 3.63) is 84.4 Å². The van der Waals surface area contributed by atoms with Gasteiger partial charge in [0.05, 0.1) is 5.92 Å². The number of likely N-dealkylation sites (N-methyl/N-ethyl adjacent to an activating group) is 1. The van der Waals surface area contributed by atoms with Crippen LogP contribution in [-0.4, -0.2) is 36.5 Å². The van der Waals surface area contributed by atoms with Gasteiger partial charge in [-0.15, -0.1) is 0 Å². The number of imide groups is 1. The predicted octanol–water partition coefficient (Wildman–Crippen LogP) is 5.19. The number of carbonyl (C=O) groups is 2. The van der Waals surface area contributed by atoms with Crippen molar-refractivity contribution in [3.8, 4) is 0 Å². The third kappa shape index (κ3) is 2.30. The molecule has 158 valence electrons. The maximum atomic E-state index is 13.3. The molecule has 0 bridgehead atoms. The highest BCUT2D eigenvalue weighted by molar-refractivity contribution is 6.25. The van der Waals surface area contributed by atoms with Crippen LogP contribution in [0.4, 0.5) is 0 Å². The van der Waals surface area contributed by atoms with Gasteiger partial charge in [0.15, 0.2) is 5.60 Å². The lowest BCUT2D eigenvalue weighted by Crippen LogP contribution is -2.50. The summed E-state index contributed by atoms with van der Waals surface area (Å²) < 4.78 is 5.93. The Balaban J connectivity index is 1.64. The van der Waals surface area contributed by atoms with E-state index in [-0.39, 0.29) is 17.7 Å². The van der Waals surface area contributed by atoms with Crippen molar-refractivity contribution in [3.63, 3.8) is 0 Å². The summed E-state index contributed by atoms with van der Waals surface area (Å²) in [6.07, 6.45) is 4.56. The van der Waals surface area contributed by atoms with E-state index in [1.165, 1.54) is 31.8 Å². The van der Waals surface area contributed by atoms with Gasteiger partial charge in [-0.2, -0.15) is 0 Å². The molecular weight excluding hydrogens is 398 g/mol. The zero-order chi connectivity index (χ0) is 22.0. The molecule has 4 aromatic rings. The molecule has 0 saturated carbocycles. The van der Waals surface area contributed by atoms with Gasteiger partial charge in [-0.3, -0.25) is 14.5 Å². The van der Waals surface area contributed by atoms with Crippen LogP contribution in [0.15, 0.2) is 78.9 Å². The van der Waals surface area contributed by atoms with Crippen molar-refractivity contribution < 1.29 is 14.3 Å². The van der Waals surface area contributed by atoms with Crippen LogP contribution in [-0.2, 0) is 14.3 Å². The van der Waals surface area contributed by atoms with E-state index in [0.29, 0.717) is 6.42 Å². The number of nitrogens with zero attached hydrogens (tertiary/aromatic N) is 1. The zero-order valence-corrected chi connectivity index (χ0v) is 18.0. The fourth-order valence-electron chi connectivity index (χ4n) is 5.88. The summed E-state index contributed by atoms with van der Waals surface area (Å²) in [5.41, 5.74) is -0.210. The van der Waals surface area contributed by atoms with Crippen molar-refractivity contribution in [2.24, 2.45) is 5.92 Å². The Morgan fingerprint density at radius 3 is 2.00 bits per heavy atom. The zero-order valence-electron chi connectivity index (χ0n) is 18.0. The molecule has 1 aliphatic carbocycles. The van der Waals surface area contributed by atoms with E-state index in [4.69, 9.17) is 4.74 Å². The summed E-state index contributed by atoms with van der Waals surface area (Å²) in [5.74, 6) is -1.25. The van der Waals surface area contributed by atoms with Gasteiger partial charge in [0, 0.05) is 20.1 Å². The van der Waals surface area contributed by atoms with Crippen LogP contribution in [0.2, 0.25) is 0 Å². The molecule has 2 amide bonds. The van der Waals surface area contributed by atoms with Gasteiger partial charge in [0.25, 0.3) is 5.91 Å². The fourth-order valence-corrected chi connectivity index (χ4v) is 5.88. The first-order valence-corrected chi connectivity index (χ1v) is 10.9. The lowest BCUT2D eigenvalue weighted by atomic mass is 9.70. The van der Waals surface area contributed by atoms with Crippen LogP contribution >= 0.6 is 0 Å². The number of likely N-dealkylation sites (tertiary alicyclic amines) is 1. The first-order valence-electron chi connectivity index (χ1n) is 10.9. The third-order valence-electron chi connectivity index (χ3n) is 7.41. The first-order chi connectivity index (χ1) is 15.6. The number of allylic oxidation sites excluding steroid dienone is 1. The fraction of sp³-hybridized carbons (Fsp3) is 0.214. The molecule has 4 nitrogen and oxygen atoms in total. The van der Waals surface area contributed by atoms with Crippen LogP contribution in [0, 0.1) is 5.92 Å². The summed E-state index contributed by atoms with van der Waals surface area (Å²) in [6, 6.07) is 23.3. The number of rotatable bonds is 2. The molecule has 4 aromatic carbocycles.